The number of hydrogen-bond donors (Lipinski definition) is 1. The van der Waals surface area contributed by atoms with Gasteiger partial charge in [0, 0.05) is 16.1 Å². The van der Waals surface area contributed by atoms with Gasteiger partial charge in [-0.3, -0.25) is 4.79 Å². The monoisotopic (exact) mass is 475 g/mol. The van der Waals surface area contributed by atoms with Crippen LogP contribution in [0.1, 0.15) is 10.6 Å². The second-order valence-electron chi connectivity index (χ2n) is 7.08. The largest absolute Gasteiger partial charge is 0.451 e. The predicted molar refractivity (Wildman–Crippen MR) is 127 cm³/mol. The van der Waals surface area contributed by atoms with Gasteiger partial charge in [0.15, 0.2) is 5.76 Å². The molecule has 1 amide bonds. The molecule has 2 heterocycles. The number of benzene rings is 3. The van der Waals surface area contributed by atoms with Crippen LogP contribution < -0.4 is 5.32 Å². The van der Waals surface area contributed by atoms with Crippen LogP contribution in [-0.4, -0.2) is 16.0 Å². The minimum Gasteiger partial charge on any atom is -0.451 e. The summed E-state index contributed by atoms with van der Waals surface area (Å²) >= 11 is 12.3. The smallest absolute Gasteiger partial charge is 0.291 e. The number of hydrogen-bond acceptors (Lipinski definition) is 5. The van der Waals surface area contributed by atoms with Gasteiger partial charge in [-0.15, -0.1) is 0 Å². The summed E-state index contributed by atoms with van der Waals surface area (Å²) in [4.78, 5) is 17.4. The molecule has 3 aromatic carbocycles. The van der Waals surface area contributed by atoms with Gasteiger partial charge in [0.25, 0.3) is 11.8 Å². The number of halogens is 2. The van der Waals surface area contributed by atoms with Crippen LogP contribution in [-0.2, 0) is 0 Å². The zero-order valence-electron chi connectivity index (χ0n) is 17.0. The first kappa shape index (κ1) is 21.0. The van der Waals surface area contributed by atoms with E-state index in [0.717, 1.165) is 5.56 Å². The molecule has 0 saturated heterocycles. The number of aromatic nitrogens is 2. The lowest BCUT2D eigenvalue weighted by Gasteiger charge is -2.07. The molecule has 0 aliphatic carbocycles. The Kier molecular flexibility index (Phi) is 5.69. The molecule has 0 aliphatic rings. The summed E-state index contributed by atoms with van der Waals surface area (Å²) in [6.45, 7) is 0. The normalized spacial score (nSPS) is 10.8. The summed E-state index contributed by atoms with van der Waals surface area (Å²) in [6.07, 6.45) is 0. The fourth-order valence-corrected chi connectivity index (χ4v) is 3.67. The van der Waals surface area contributed by atoms with E-state index in [1.807, 2.05) is 36.4 Å². The van der Waals surface area contributed by atoms with Gasteiger partial charge in [-0.05, 0) is 42.5 Å². The van der Waals surface area contributed by atoms with E-state index < -0.39 is 5.91 Å². The highest BCUT2D eigenvalue weighted by molar-refractivity contribution is 6.35. The molecule has 5 aromatic rings. The van der Waals surface area contributed by atoms with Crippen molar-refractivity contribution >= 4 is 34.8 Å². The average molecular weight is 476 g/mol. The fourth-order valence-electron chi connectivity index (χ4n) is 3.29. The highest BCUT2D eigenvalue weighted by Crippen LogP contribution is 2.33. The lowest BCUT2D eigenvalue weighted by molar-refractivity contribution is 0.0997. The van der Waals surface area contributed by atoms with E-state index in [9.17, 15) is 4.79 Å². The van der Waals surface area contributed by atoms with Gasteiger partial charge in [-0.2, -0.15) is 4.98 Å². The maximum Gasteiger partial charge on any atom is 0.291 e. The molecule has 162 valence electrons. The van der Waals surface area contributed by atoms with Crippen molar-refractivity contribution in [2.45, 2.75) is 0 Å². The van der Waals surface area contributed by atoms with E-state index in [0.29, 0.717) is 38.4 Å². The number of carbonyl (C=O) groups excluding carboxylic acids is 1. The molecule has 33 heavy (non-hydrogen) atoms. The molecular weight excluding hydrogens is 461 g/mol. The summed E-state index contributed by atoms with van der Waals surface area (Å²) in [5.41, 5.74) is 2.52. The zero-order valence-corrected chi connectivity index (χ0v) is 18.5. The lowest BCUT2D eigenvalue weighted by atomic mass is 10.1. The van der Waals surface area contributed by atoms with Crippen LogP contribution in [0.25, 0.3) is 34.2 Å². The summed E-state index contributed by atoms with van der Waals surface area (Å²) in [5.74, 6) is 0.864. The van der Waals surface area contributed by atoms with Crippen molar-refractivity contribution in [3.63, 3.8) is 0 Å². The third kappa shape index (κ3) is 4.39. The molecule has 0 atom stereocenters. The second kappa shape index (κ2) is 8.94. The van der Waals surface area contributed by atoms with Gasteiger partial charge in [0.05, 0.1) is 16.3 Å². The molecule has 0 bridgehead atoms. The Balaban J connectivity index is 1.40. The van der Waals surface area contributed by atoms with Crippen LogP contribution in [0, 0.1) is 0 Å². The number of anilines is 1. The van der Waals surface area contributed by atoms with Crippen molar-refractivity contribution in [3.05, 3.63) is 101 Å². The highest BCUT2D eigenvalue weighted by Gasteiger charge is 2.18. The van der Waals surface area contributed by atoms with E-state index >= 15 is 0 Å². The number of nitrogens with one attached hydrogen (secondary N) is 1. The third-order valence-electron chi connectivity index (χ3n) is 4.89. The molecule has 0 unspecified atom stereocenters. The molecular formula is C25H15Cl2N3O3. The summed E-state index contributed by atoms with van der Waals surface area (Å²) in [6, 6.07) is 24.9. The molecule has 0 radical (unpaired) electrons. The van der Waals surface area contributed by atoms with E-state index in [4.69, 9.17) is 32.1 Å². The summed E-state index contributed by atoms with van der Waals surface area (Å²) in [5, 5.41) is 7.88. The molecule has 0 fully saturated rings. The minimum atomic E-state index is -0.436. The number of amides is 1. The number of rotatable bonds is 5. The second-order valence-corrected chi connectivity index (χ2v) is 7.92. The topological polar surface area (TPSA) is 81.2 Å². The Morgan fingerprint density at radius 1 is 0.848 bits per heavy atom. The Morgan fingerprint density at radius 3 is 2.48 bits per heavy atom. The van der Waals surface area contributed by atoms with E-state index in [1.165, 1.54) is 0 Å². The number of furan rings is 1. The van der Waals surface area contributed by atoms with Crippen molar-refractivity contribution in [1.82, 2.24) is 10.1 Å². The first-order valence-corrected chi connectivity index (χ1v) is 10.7. The van der Waals surface area contributed by atoms with Gasteiger partial charge < -0.3 is 14.3 Å². The number of carbonyl (C=O) groups is 1. The SMILES string of the molecule is O=C(Nc1ccccc1-c1nc(-c2ccccc2)no1)c1ccc(-c2cc(Cl)ccc2Cl)o1. The standard InChI is InChI=1S/C25H15Cl2N3O3/c26-16-10-11-19(27)18(14-16)21-12-13-22(32-21)24(31)28-20-9-5-4-8-17(20)25-29-23(30-33-25)15-6-2-1-3-7-15/h1-14H,(H,28,31). The Bertz CT molecular complexity index is 1440. The van der Waals surface area contributed by atoms with Crippen molar-refractivity contribution < 1.29 is 13.7 Å². The van der Waals surface area contributed by atoms with Gasteiger partial charge >= 0.3 is 0 Å². The van der Waals surface area contributed by atoms with Gasteiger partial charge in [0.2, 0.25) is 5.82 Å². The van der Waals surface area contributed by atoms with Crippen molar-refractivity contribution in [2.24, 2.45) is 0 Å². The minimum absolute atomic E-state index is 0.117. The maximum atomic E-state index is 12.9. The molecule has 8 heteroatoms. The van der Waals surface area contributed by atoms with Crippen LogP contribution in [0.4, 0.5) is 5.69 Å². The van der Waals surface area contributed by atoms with Crippen LogP contribution in [0.3, 0.4) is 0 Å². The van der Waals surface area contributed by atoms with Crippen molar-refractivity contribution in [2.75, 3.05) is 5.32 Å². The van der Waals surface area contributed by atoms with Gasteiger partial charge in [-0.1, -0.05) is 70.8 Å². The summed E-state index contributed by atoms with van der Waals surface area (Å²) in [7, 11) is 0. The van der Waals surface area contributed by atoms with Crippen LogP contribution >= 0.6 is 23.2 Å². The molecule has 0 saturated carbocycles. The van der Waals surface area contributed by atoms with Crippen molar-refractivity contribution in [1.29, 1.82) is 0 Å². The Morgan fingerprint density at radius 2 is 1.64 bits per heavy atom. The Hall–Kier alpha value is -3.87. The summed E-state index contributed by atoms with van der Waals surface area (Å²) < 4.78 is 11.2. The quantitative estimate of drug-likeness (QED) is 0.290. The van der Waals surface area contributed by atoms with Gasteiger partial charge in [0.1, 0.15) is 5.76 Å². The van der Waals surface area contributed by atoms with E-state index in [-0.39, 0.29) is 11.7 Å². The lowest BCUT2D eigenvalue weighted by Crippen LogP contribution is -2.11. The molecule has 0 aliphatic heterocycles. The fraction of sp³-hybridized carbons (Fsp3) is 0. The van der Waals surface area contributed by atoms with E-state index in [2.05, 4.69) is 15.5 Å². The van der Waals surface area contributed by atoms with Gasteiger partial charge in [-0.25, -0.2) is 0 Å². The zero-order chi connectivity index (χ0) is 22.8. The van der Waals surface area contributed by atoms with Crippen LogP contribution in [0.15, 0.2) is 93.9 Å². The van der Waals surface area contributed by atoms with Crippen LogP contribution in [0.5, 0.6) is 0 Å². The Labute approximate surface area is 198 Å². The predicted octanol–water partition coefficient (Wildman–Crippen LogP) is 7.22. The van der Waals surface area contributed by atoms with Crippen LogP contribution in [0.2, 0.25) is 10.0 Å². The first-order valence-electron chi connectivity index (χ1n) is 9.93. The highest BCUT2D eigenvalue weighted by atomic mass is 35.5. The molecule has 1 N–H and O–H groups in total. The molecule has 0 spiro atoms. The maximum absolute atomic E-state index is 12.9. The van der Waals surface area contributed by atoms with Crippen molar-refractivity contribution in [3.8, 4) is 34.2 Å². The first-order chi connectivity index (χ1) is 16.1. The number of nitrogens with zero attached hydrogens (tertiary/aromatic N) is 2. The van der Waals surface area contributed by atoms with E-state index in [1.54, 1.807) is 48.5 Å². The molecule has 6 nitrogen and oxygen atoms in total. The average Bonchev–Trinajstić information content (AvgIpc) is 3.52. The molecule has 5 rings (SSSR count). The number of para-hydroxylation sites is 1. The molecule has 2 aromatic heterocycles. The third-order valence-corrected chi connectivity index (χ3v) is 5.45.